The van der Waals surface area contributed by atoms with Crippen LogP contribution in [0.25, 0.3) is 0 Å². The Morgan fingerprint density at radius 2 is 0.750 bits per heavy atom. The van der Waals surface area contributed by atoms with Gasteiger partial charge in [0.05, 0.1) is 39.3 Å². The van der Waals surface area contributed by atoms with Crippen LogP contribution in [0.2, 0.25) is 0 Å². The predicted molar refractivity (Wildman–Crippen MR) is 259 cm³/mol. The zero-order valence-corrected chi connectivity index (χ0v) is 41.4. The second-order valence-electron chi connectivity index (χ2n) is 18.9. The van der Waals surface area contributed by atoms with Crippen molar-refractivity contribution in [1.82, 2.24) is 10.6 Å². The van der Waals surface area contributed by atoms with E-state index in [2.05, 4.69) is 31.5 Å². The molecule has 360 valence electrons. The monoisotopic (exact) mass is 871 g/mol. The third-order valence-corrected chi connectivity index (χ3v) is 12.9. The van der Waals surface area contributed by atoms with E-state index in [1.54, 1.807) is 0 Å². The van der Waals surface area contributed by atoms with Crippen molar-refractivity contribution in [2.75, 3.05) is 46.3 Å². The maximum Gasteiger partial charge on any atom is 0.242 e. The van der Waals surface area contributed by atoms with Gasteiger partial charge in [-0.1, -0.05) is 200 Å². The molecular formula is C51H107ClN6O2. The van der Waals surface area contributed by atoms with Gasteiger partial charge in [0.2, 0.25) is 11.8 Å². The molecule has 0 saturated heterocycles. The van der Waals surface area contributed by atoms with E-state index in [1.807, 2.05) is 0 Å². The van der Waals surface area contributed by atoms with Crippen molar-refractivity contribution < 1.29 is 26.5 Å². The smallest absolute Gasteiger partial charge is 0.242 e. The molecule has 0 aromatic rings. The van der Waals surface area contributed by atoms with Gasteiger partial charge in [-0.2, -0.15) is 0 Å². The summed E-state index contributed by atoms with van der Waals surface area (Å²) < 4.78 is 1.01. The van der Waals surface area contributed by atoms with Crippen LogP contribution < -0.4 is 40.2 Å². The van der Waals surface area contributed by atoms with Crippen molar-refractivity contribution in [2.45, 2.75) is 270 Å². The van der Waals surface area contributed by atoms with Crippen molar-refractivity contribution in [1.29, 1.82) is 0 Å². The summed E-state index contributed by atoms with van der Waals surface area (Å²) in [6.45, 7) is 9.64. The molecule has 0 radical (unpaired) electrons. The fourth-order valence-corrected chi connectivity index (χ4v) is 8.67. The zero-order valence-electron chi connectivity index (χ0n) is 40.6. The molecule has 0 saturated carbocycles. The van der Waals surface area contributed by atoms with Gasteiger partial charge in [-0.25, -0.2) is 0 Å². The van der Waals surface area contributed by atoms with Crippen LogP contribution in [0.15, 0.2) is 0 Å². The molecule has 8 N–H and O–H groups in total. The molecular weight excluding hydrogens is 764 g/mol. The summed E-state index contributed by atoms with van der Waals surface area (Å²) in [5.41, 5.74) is 17.6. The second-order valence-corrected chi connectivity index (χ2v) is 18.9. The van der Waals surface area contributed by atoms with Crippen LogP contribution >= 0.6 is 0 Å². The number of hydrogen-bond donors (Lipinski definition) is 5. The molecule has 60 heavy (non-hydrogen) atoms. The number of halogens is 1. The molecule has 0 fully saturated rings. The Balaban J connectivity index is 0. The molecule has 2 amide bonds. The summed E-state index contributed by atoms with van der Waals surface area (Å²) in [5.74, 6) is -0.344. The summed E-state index contributed by atoms with van der Waals surface area (Å²) in [6, 6.07) is -1.19. The first-order chi connectivity index (χ1) is 28.8. The van der Waals surface area contributed by atoms with Gasteiger partial charge in [-0.3, -0.25) is 9.59 Å². The van der Waals surface area contributed by atoms with E-state index in [-0.39, 0.29) is 24.2 Å². The molecule has 0 aromatic carbocycles. The number of unbranched alkanes of at least 4 members (excludes halogenated alkanes) is 32. The van der Waals surface area contributed by atoms with E-state index >= 15 is 0 Å². The first-order valence-electron chi connectivity index (χ1n) is 26.4. The molecule has 8 nitrogen and oxygen atoms in total. The largest absolute Gasteiger partial charge is 1.00 e. The predicted octanol–water partition coefficient (Wildman–Crippen LogP) is 9.15. The lowest BCUT2D eigenvalue weighted by molar-refractivity contribution is -0.908. The van der Waals surface area contributed by atoms with Gasteiger partial charge in [0.1, 0.15) is 6.04 Å². The van der Waals surface area contributed by atoms with Gasteiger partial charge in [0, 0.05) is 0 Å². The molecule has 9 heteroatoms. The van der Waals surface area contributed by atoms with Crippen molar-refractivity contribution in [3.63, 3.8) is 0 Å². The molecule has 0 spiro atoms. The number of rotatable bonds is 48. The molecule has 0 aliphatic heterocycles. The topological polar surface area (TPSA) is 136 Å². The van der Waals surface area contributed by atoms with Crippen LogP contribution in [0.1, 0.15) is 258 Å². The van der Waals surface area contributed by atoms with E-state index in [4.69, 9.17) is 17.2 Å². The standard InChI is InChI=1S/C51H106N6O2.ClH/c1-4-6-8-10-12-14-16-18-20-22-24-26-28-30-32-38-45-57(3,46-39-33-31-29-27-25-23-21-19-17-15-13-11-9-7-5-2)47-44-55-51(59)49(41-35-37-43-53)56-50(58)48(54)40-34-36-42-52;/h48-49H,4-47,52-54H2,1-3H3,(H-,55,56,58,59);1H/t48-,49-;/m0./s1. The van der Waals surface area contributed by atoms with E-state index < -0.39 is 12.1 Å². The van der Waals surface area contributed by atoms with E-state index in [9.17, 15) is 9.59 Å². The molecule has 0 heterocycles. The highest BCUT2D eigenvalue weighted by Crippen LogP contribution is 2.17. The Bertz CT molecular complexity index is 860. The molecule has 0 aliphatic carbocycles. The van der Waals surface area contributed by atoms with Crippen molar-refractivity contribution in [3.05, 3.63) is 0 Å². The molecule has 0 unspecified atom stereocenters. The Morgan fingerprint density at radius 3 is 1.08 bits per heavy atom. The number of carbonyl (C=O) groups excluding carboxylic acids is 2. The molecule has 0 rings (SSSR count). The quantitative estimate of drug-likeness (QED) is 0.0307. The highest BCUT2D eigenvalue weighted by molar-refractivity contribution is 5.89. The molecule has 0 aliphatic rings. The lowest BCUT2D eigenvalue weighted by atomic mass is 10.0. The van der Waals surface area contributed by atoms with Gasteiger partial charge < -0.3 is 44.7 Å². The van der Waals surface area contributed by atoms with Crippen LogP contribution in [0.4, 0.5) is 0 Å². The number of nitrogens with zero attached hydrogens (tertiary/aromatic N) is 1. The van der Waals surface area contributed by atoms with Crippen LogP contribution in [-0.2, 0) is 9.59 Å². The highest BCUT2D eigenvalue weighted by atomic mass is 35.5. The summed E-state index contributed by atoms with van der Waals surface area (Å²) in [6.07, 6.45) is 48.9. The van der Waals surface area contributed by atoms with Crippen LogP contribution in [0, 0.1) is 0 Å². The Labute approximate surface area is 381 Å². The molecule has 0 aromatic heterocycles. The first kappa shape index (κ1) is 61.2. The number of nitrogens with two attached hydrogens (primary N) is 3. The van der Waals surface area contributed by atoms with Crippen LogP contribution in [0.3, 0.4) is 0 Å². The number of likely N-dealkylation sites (N-methyl/N-ethyl adjacent to an activating group) is 1. The Morgan fingerprint density at radius 1 is 0.433 bits per heavy atom. The third-order valence-electron chi connectivity index (χ3n) is 12.9. The zero-order chi connectivity index (χ0) is 43.3. The minimum Gasteiger partial charge on any atom is -1.00 e. The molecule has 2 atom stereocenters. The van der Waals surface area contributed by atoms with Gasteiger partial charge in [0.25, 0.3) is 0 Å². The lowest BCUT2D eigenvalue weighted by Gasteiger charge is -2.35. The van der Waals surface area contributed by atoms with Gasteiger partial charge in [-0.05, 0) is 70.9 Å². The maximum atomic E-state index is 13.5. The van der Waals surface area contributed by atoms with Gasteiger partial charge >= 0.3 is 0 Å². The second kappa shape index (κ2) is 47.5. The minimum absolute atomic E-state index is 0. The van der Waals surface area contributed by atoms with Crippen molar-refractivity contribution >= 4 is 11.8 Å². The highest BCUT2D eigenvalue weighted by Gasteiger charge is 2.25. The number of hydrogen-bond acceptors (Lipinski definition) is 5. The summed E-state index contributed by atoms with van der Waals surface area (Å²) in [7, 11) is 2.41. The van der Waals surface area contributed by atoms with E-state index in [0.29, 0.717) is 32.5 Å². The van der Waals surface area contributed by atoms with Crippen molar-refractivity contribution in [2.24, 2.45) is 17.2 Å². The van der Waals surface area contributed by atoms with E-state index in [0.717, 1.165) is 36.7 Å². The number of amides is 2. The number of quaternary nitrogens is 1. The fourth-order valence-electron chi connectivity index (χ4n) is 8.67. The lowest BCUT2D eigenvalue weighted by Crippen LogP contribution is -3.00. The Kier molecular flexibility index (Phi) is 48.5. The van der Waals surface area contributed by atoms with Crippen LogP contribution in [-0.4, -0.2) is 74.7 Å². The van der Waals surface area contributed by atoms with Crippen LogP contribution in [0.5, 0.6) is 0 Å². The SMILES string of the molecule is CCCCCCCCCCCCCCCCCC[N+](C)(CCCCCCCCCCCCCCCCCC)CCNC(=O)[C@H](CCCCN)NC(=O)[C@@H](N)CCCCN.[Cl-]. The number of nitrogens with one attached hydrogen (secondary N) is 2. The average molecular weight is 872 g/mol. The average Bonchev–Trinajstić information content (AvgIpc) is 3.23. The fraction of sp³-hybridized carbons (Fsp3) is 0.961. The summed E-state index contributed by atoms with van der Waals surface area (Å²) in [4.78, 5) is 26.4. The first-order valence-corrected chi connectivity index (χ1v) is 26.4. The number of carbonyl (C=O) groups is 2. The van der Waals surface area contributed by atoms with Gasteiger partial charge in [-0.15, -0.1) is 0 Å². The maximum absolute atomic E-state index is 13.5. The normalized spacial score (nSPS) is 12.6. The minimum atomic E-state index is -0.620. The molecule has 0 bridgehead atoms. The Hall–Kier alpha value is -0.930. The summed E-state index contributed by atoms with van der Waals surface area (Å²) >= 11 is 0. The van der Waals surface area contributed by atoms with E-state index in [1.165, 1.54) is 219 Å². The van der Waals surface area contributed by atoms with Crippen molar-refractivity contribution in [3.8, 4) is 0 Å². The van der Waals surface area contributed by atoms with Gasteiger partial charge in [0.15, 0.2) is 0 Å². The third kappa shape index (κ3) is 41.1. The summed E-state index contributed by atoms with van der Waals surface area (Å²) in [5, 5.41) is 6.18.